The molecule has 0 fully saturated rings. The van der Waals surface area contributed by atoms with Gasteiger partial charge in [0.2, 0.25) is 0 Å². The predicted molar refractivity (Wildman–Crippen MR) is 47.3 cm³/mol. The molecule has 1 aliphatic heterocycles. The Bertz CT molecular complexity index is 296. The Morgan fingerprint density at radius 3 is 3.23 bits per heavy atom. The van der Waals surface area contributed by atoms with Crippen molar-refractivity contribution in [2.75, 3.05) is 13.2 Å². The van der Waals surface area contributed by atoms with Crippen molar-refractivity contribution in [3.8, 4) is 0 Å². The molecule has 2 N–H and O–H groups in total. The van der Waals surface area contributed by atoms with Gasteiger partial charge in [0.25, 0.3) is 0 Å². The minimum atomic E-state index is 0.234. The largest absolute Gasteiger partial charge is 0.376 e. The topological polar surface area (TPSA) is 61.3 Å². The van der Waals surface area contributed by atoms with E-state index in [1.807, 2.05) is 6.92 Å². The highest BCUT2D eigenvalue weighted by molar-refractivity contribution is 5.26. The number of hydrogen-bond acceptors (Lipinski definition) is 4. The zero-order chi connectivity index (χ0) is 9.26. The van der Waals surface area contributed by atoms with Gasteiger partial charge in [-0.05, 0) is 0 Å². The van der Waals surface area contributed by atoms with Gasteiger partial charge >= 0.3 is 0 Å². The Labute approximate surface area is 77.0 Å². The van der Waals surface area contributed by atoms with Gasteiger partial charge in [0, 0.05) is 24.4 Å². The Hall–Kier alpha value is -0.870. The van der Waals surface area contributed by atoms with Crippen LogP contribution in [0.15, 0.2) is 4.52 Å². The first kappa shape index (κ1) is 8.72. The highest BCUT2D eigenvalue weighted by atomic mass is 16.5. The number of rotatable bonds is 2. The molecule has 13 heavy (non-hydrogen) atoms. The lowest BCUT2D eigenvalue weighted by Gasteiger charge is -2.12. The molecule has 0 saturated carbocycles. The number of ether oxygens (including phenoxy) is 1. The highest BCUT2D eigenvalue weighted by Crippen LogP contribution is 2.25. The first-order valence-electron chi connectivity index (χ1n) is 4.58. The number of hydrogen-bond donors (Lipinski definition) is 1. The Balaban J connectivity index is 2.31. The molecule has 2 heterocycles. The second-order valence-electron chi connectivity index (χ2n) is 3.41. The van der Waals surface area contributed by atoms with Gasteiger partial charge in [0.15, 0.2) is 0 Å². The van der Waals surface area contributed by atoms with Gasteiger partial charge in [0.1, 0.15) is 5.76 Å². The van der Waals surface area contributed by atoms with Crippen molar-refractivity contribution in [3.63, 3.8) is 0 Å². The van der Waals surface area contributed by atoms with Crippen LogP contribution in [0.4, 0.5) is 0 Å². The monoisotopic (exact) mass is 182 g/mol. The molecule has 0 aliphatic carbocycles. The number of nitrogens with two attached hydrogens (primary N) is 1. The zero-order valence-corrected chi connectivity index (χ0v) is 7.75. The van der Waals surface area contributed by atoms with E-state index in [0.717, 1.165) is 30.0 Å². The molecule has 1 unspecified atom stereocenters. The molecular formula is C9H14N2O2. The van der Waals surface area contributed by atoms with Crippen LogP contribution in [0.25, 0.3) is 0 Å². The third kappa shape index (κ3) is 1.47. The minimum absolute atomic E-state index is 0.234. The fraction of sp³-hybridized carbons (Fsp3) is 0.667. The molecule has 0 bridgehead atoms. The van der Waals surface area contributed by atoms with Gasteiger partial charge in [-0.15, -0.1) is 0 Å². The number of nitrogens with zero attached hydrogens (tertiary/aromatic N) is 1. The van der Waals surface area contributed by atoms with Gasteiger partial charge in [-0.2, -0.15) is 0 Å². The Morgan fingerprint density at radius 2 is 2.46 bits per heavy atom. The normalized spacial score (nSPS) is 18.3. The lowest BCUT2D eigenvalue weighted by molar-refractivity contribution is 0.109. The molecule has 0 aromatic carbocycles. The summed E-state index contributed by atoms with van der Waals surface area (Å²) in [5.74, 6) is 1.13. The van der Waals surface area contributed by atoms with Crippen LogP contribution >= 0.6 is 0 Å². The molecule has 1 aromatic rings. The molecule has 2 rings (SSSR count). The van der Waals surface area contributed by atoms with Gasteiger partial charge in [-0.3, -0.25) is 0 Å². The fourth-order valence-corrected chi connectivity index (χ4v) is 1.55. The molecule has 0 radical (unpaired) electrons. The van der Waals surface area contributed by atoms with Crippen LogP contribution in [0.5, 0.6) is 0 Å². The summed E-state index contributed by atoms with van der Waals surface area (Å²) in [7, 11) is 0. The summed E-state index contributed by atoms with van der Waals surface area (Å²) in [6.45, 7) is 3.99. The van der Waals surface area contributed by atoms with E-state index in [4.69, 9.17) is 15.0 Å². The third-order valence-electron chi connectivity index (χ3n) is 2.43. The average molecular weight is 182 g/mol. The van der Waals surface area contributed by atoms with Crippen LogP contribution in [0.2, 0.25) is 0 Å². The van der Waals surface area contributed by atoms with E-state index in [0.29, 0.717) is 13.2 Å². The van der Waals surface area contributed by atoms with Crippen molar-refractivity contribution in [2.45, 2.75) is 25.9 Å². The molecule has 4 nitrogen and oxygen atoms in total. The predicted octanol–water partition coefficient (Wildman–Crippen LogP) is 0.810. The van der Waals surface area contributed by atoms with Crippen LogP contribution in [-0.2, 0) is 17.8 Å². The smallest absolute Gasteiger partial charge is 0.146 e. The van der Waals surface area contributed by atoms with Crippen molar-refractivity contribution >= 4 is 0 Å². The summed E-state index contributed by atoms with van der Waals surface area (Å²) in [6, 6.07) is 0. The second-order valence-corrected chi connectivity index (χ2v) is 3.41. The maximum absolute atomic E-state index is 5.57. The minimum Gasteiger partial charge on any atom is -0.376 e. The lowest BCUT2D eigenvalue weighted by atomic mass is 10.0. The van der Waals surface area contributed by atoms with Crippen molar-refractivity contribution in [1.82, 2.24) is 5.16 Å². The summed E-state index contributed by atoms with van der Waals surface area (Å²) in [5.41, 5.74) is 7.73. The zero-order valence-electron chi connectivity index (χ0n) is 7.75. The standard InChI is InChI=1S/C9H14N2O2/c1-6(4-10)9-7-5-12-3-2-8(7)11-13-9/h6H,2-5,10H2,1H3. The molecule has 1 atom stereocenters. The van der Waals surface area contributed by atoms with Gasteiger partial charge in [-0.25, -0.2) is 0 Å². The molecule has 4 heteroatoms. The van der Waals surface area contributed by atoms with Crippen LogP contribution < -0.4 is 5.73 Å². The van der Waals surface area contributed by atoms with Crippen molar-refractivity contribution in [2.24, 2.45) is 5.73 Å². The molecular weight excluding hydrogens is 168 g/mol. The average Bonchev–Trinajstić information content (AvgIpc) is 2.60. The maximum Gasteiger partial charge on any atom is 0.146 e. The van der Waals surface area contributed by atoms with E-state index >= 15 is 0 Å². The summed E-state index contributed by atoms with van der Waals surface area (Å²) in [5, 5.41) is 4.02. The second kappa shape index (κ2) is 3.47. The van der Waals surface area contributed by atoms with E-state index in [2.05, 4.69) is 5.16 Å². The summed E-state index contributed by atoms with van der Waals surface area (Å²) in [4.78, 5) is 0. The third-order valence-corrected chi connectivity index (χ3v) is 2.43. The molecule has 0 saturated heterocycles. The van der Waals surface area contributed by atoms with E-state index in [1.165, 1.54) is 0 Å². The fourth-order valence-electron chi connectivity index (χ4n) is 1.55. The quantitative estimate of drug-likeness (QED) is 0.735. The van der Waals surface area contributed by atoms with Gasteiger partial charge in [0.05, 0.1) is 18.9 Å². The van der Waals surface area contributed by atoms with Crippen LogP contribution in [0.3, 0.4) is 0 Å². The Kier molecular flexibility index (Phi) is 2.33. The van der Waals surface area contributed by atoms with E-state index in [9.17, 15) is 0 Å². The van der Waals surface area contributed by atoms with E-state index in [-0.39, 0.29) is 5.92 Å². The van der Waals surface area contributed by atoms with Crippen molar-refractivity contribution in [1.29, 1.82) is 0 Å². The highest BCUT2D eigenvalue weighted by Gasteiger charge is 2.22. The SMILES string of the molecule is CC(CN)c1onc2c1COCC2. The molecule has 0 amide bonds. The number of aromatic nitrogens is 1. The van der Waals surface area contributed by atoms with Crippen LogP contribution in [-0.4, -0.2) is 18.3 Å². The van der Waals surface area contributed by atoms with Crippen molar-refractivity contribution in [3.05, 3.63) is 17.0 Å². The Morgan fingerprint density at radius 1 is 1.62 bits per heavy atom. The summed E-state index contributed by atoms with van der Waals surface area (Å²) in [6.07, 6.45) is 0.857. The van der Waals surface area contributed by atoms with Crippen molar-refractivity contribution < 1.29 is 9.26 Å². The molecule has 1 aliphatic rings. The first-order valence-corrected chi connectivity index (χ1v) is 4.58. The lowest BCUT2D eigenvalue weighted by Crippen LogP contribution is -2.13. The first-order chi connectivity index (χ1) is 6.33. The maximum atomic E-state index is 5.57. The van der Waals surface area contributed by atoms with E-state index < -0.39 is 0 Å². The summed E-state index contributed by atoms with van der Waals surface area (Å²) >= 11 is 0. The van der Waals surface area contributed by atoms with Gasteiger partial charge < -0.3 is 15.0 Å². The molecule has 1 aromatic heterocycles. The molecule has 72 valence electrons. The van der Waals surface area contributed by atoms with Crippen LogP contribution in [0, 0.1) is 0 Å². The number of fused-ring (bicyclic) bond motifs is 1. The van der Waals surface area contributed by atoms with Crippen LogP contribution in [0.1, 0.15) is 29.9 Å². The summed E-state index contributed by atoms with van der Waals surface area (Å²) < 4.78 is 10.6. The van der Waals surface area contributed by atoms with Gasteiger partial charge in [-0.1, -0.05) is 12.1 Å². The van der Waals surface area contributed by atoms with E-state index in [1.54, 1.807) is 0 Å². The molecule has 0 spiro atoms.